The molecule has 2 aromatic heterocycles. The van der Waals surface area contributed by atoms with Gasteiger partial charge in [-0.05, 0) is 6.07 Å². The average molecular weight is 262 g/mol. The summed E-state index contributed by atoms with van der Waals surface area (Å²) in [6.07, 6.45) is 2.96. The number of nitrogens with one attached hydrogen (secondary N) is 2. The fraction of sp³-hybridized carbons (Fsp3) is 0.250. The molecule has 0 fully saturated rings. The number of anilines is 1. The van der Waals surface area contributed by atoms with Crippen molar-refractivity contribution in [3.05, 3.63) is 40.6 Å². The standard InChI is InChI=1S/C12H14N4O3/c1-18-9-10(15-7-16-11(9)17)14-6-8-4-3-5-13-12(8)19-2/h3-5,7H,6H2,1-2H3,(H2,14,15,16,17). The normalized spacial score (nSPS) is 10.0. The van der Waals surface area contributed by atoms with E-state index in [1.54, 1.807) is 13.3 Å². The number of aromatic amines is 1. The highest BCUT2D eigenvalue weighted by atomic mass is 16.5. The lowest BCUT2D eigenvalue weighted by molar-refractivity contribution is 0.393. The van der Waals surface area contributed by atoms with Crippen LogP contribution in [0, 0.1) is 0 Å². The average Bonchev–Trinajstić information content (AvgIpc) is 2.45. The molecule has 19 heavy (non-hydrogen) atoms. The molecule has 7 heteroatoms. The maximum absolute atomic E-state index is 11.5. The second-order valence-corrected chi connectivity index (χ2v) is 3.64. The zero-order valence-corrected chi connectivity index (χ0v) is 10.6. The van der Waals surface area contributed by atoms with E-state index in [2.05, 4.69) is 20.3 Å². The molecule has 7 nitrogen and oxygen atoms in total. The number of pyridine rings is 1. The summed E-state index contributed by atoms with van der Waals surface area (Å²) < 4.78 is 10.1. The van der Waals surface area contributed by atoms with Crippen LogP contribution in [0.3, 0.4) is 0 Å². The number of methoxy groups -OCH3 is 2. The van der Waals surface area contributed by atoms with Crippen LogP contribution in [0.2, 0.25) is 0 Å². The minimum absolute atomic E-state index is 0.144. The van der Waals surface area contributed by atoms with Gasteiger partial charge in [-0.25, -0.2) is 9.97 Å². The first kappa shape index (κ1) is 12.9. The summed E-state index contributed by atoms with van der Waals surface area (Å²) in [6.45, 7) is 0.420. The molecule has 0 spiro atoms. The smallest absolute Gasteiger partial charge is 0.295 e. The summed E-state index contributed by atoms with van der Waals surface area (Å²) in [5.74, 6) is 1.04. The lowest BCUT2D eigenvalue weighted by Crippen LogP contribution is -2.14. The minimum Gasteiger partial charge on any atom is -0.489 e. The fourth-order valence-corrected chi connectivity index (χ4v) is 1.62. The van der Waals surface area contributed by atoms with Crippen LogP contribution in [0.15, 0.2) is 29.5 Å². The first-order chi connectivity index (χ1) is 9.26. The van der Waals surface area contributed by atoms with E-state index in [0.717, 1.165) is 5.56 Å². The first-order valence-corrected chi connectivity index (χ1v) is 5.59. The van der Waals surface area contributed by atoms with Gasteiger partial charge in [0, 0.05) is 18.3 Å². The third-order valence-electron chi connectivity index (χ3n) is 2.50. The third-order valence-corrected chi connectivity index (χ3v) is 2.50. The van der Waals surface area contributed by atoms with Gasteiger partial charge in [0.05, 0.1) is 20.5 Å². The van der Waals surface area contributed by atoms with E-state index in [4.69, 9.17) is 9.47 Å². The van der Waals surface area contributed by atoms with E-state index in [9.17, 15) is 4.79 Å². The summed E-state index contributed by atoms with van der Waals surface area (Å²) in [7, 11) is 2.97. The number of aromatic nitrogens is 3. The number of rotatable bonds is 5. The van der Waals surface area contributed by atoms with Crippen LogP contribution < -0.4 is 20.3 Å². The van der Waals surface area contributed by atoms with Crippen LogP contribution >= 0.6 is 0 Å². The molecule has 2 heterocycles. The zero-order valence-electron chi connectivity index (χ0n) is 10.6. The van der Waals surface area contributed by atoms with Crippen LogP contribution in [0.5, 0.6) is 11.6 Å². The van der Waals surface area contributed by atoms with Gasteiger partial charge in [0.15, 0.2) is 5.82 Å². The molecule has 0 amide bonds. The Hall–Kier alpha value is -2.57. The number of hydrogen-bond acceptors (Lipinski definition) is 6. The highest BCUT2D eigenvalue weighted by Gasteiger charge is 2.09. The van der Waals surface area contributed by atoms with E-state index in [1.807, 2.05) is 12.1 Å². The van der Waals surface area contributed by atoms with Crippen molar-refractivity contribution in [3.63, 3.8) is 0 Å². The van der Waals surface area contributed by atoms with Gasteiger partial charge in [-0.3, -0.25) is 4.79 Å². The largest absolute Gasteiger partial charge is 0.489 e. The van der Waals surface area contributed by atoms with Crippen LogP contribution in [0.4, 0.5) is 5.82 Å². The molecule has 0 aliphatic rings. The second kappa shape index (κ2) is 5.85. The highest BCUT2D eigenvalue weighted by molar-refractivity contribution is 5.48. The molecule has 0 aliphatic carbocycles. The van der Waals surface area contributed by atoms with Crippen molar-refractivity contribution in [2.45, 2.75) is 6.54 Å². The van der Waals surface area contributed by atoms with Crippen molar-refractivity contribution in [2.75, 3.05) is 19.5 Å². The molecule has 0 unspecified atom stereocenters. The highest BCUT2D eigenvalue weighted by Crippen LogP contribution is 2.18. The van der Waals surface area contributed by atoms with E-state index in [1.165, 1.54) is 13.4 Å². The van der Waals surface area contributed by atoms with Gasteiger partial charge in [0.2, 0.25) is 11.6 Å². The summed E-state index contributed by atoms with van der Waals surface area (Å²) in [5.41, 5.74) is 0.521. The van der Waals surface area contributed by atoms with Crippen molar-refractivity contribution < 1.29 is 9.47 Å². The molecule has 0 bridgehead atoms. The second-order valence-electron chi connectivity index (χ2n) is 3.64. The molecule has 2 N–H and O–H groups in total. The number of nitrogens with zero attached hydrogens (tertiary/aromatic N) is 2. The molecule has 0 aromatic carbocycles. The summed E-state index contributed by atoms with van der Waals surface area (Å²) in [6, 6.07) is 3.68. The molecular formula is C12H14N4O3. The Morgan fingerprint density at radius 1 is 1.32 bits per heavy atom. The molecule has 2 rings (SSSR count). The molecule has 0 aliphatic heterocycles. The summed E-state index contributed by atoms with van der Waals surface area (Å²) in [4.78, 5) is 22.1. The van der Waals surface area contributed by atoms with E-state index in [-0.39, 0.29) is 11.3 Å². The van der Waals surface area contributed by atoms with Crippen LogP contribution in [-0.4, -0.2) is 29.2 Å². The Bertz CT molecular complexity index is 612. The van der Waals surface area contributed by atoms with E-state index in [0.29, 0.717) is 18.2 Å². The van der Waals surface area contributed by atoms with E-state index < -0.39 is 0 Å². The molecule has 0 saturated carbocycles. The lowest BCUT2D eigenvalue weighted by Gasteiger charge is -2.10. The third kappa shape index (κ3) is 2.82. The predicted octanol–water partition coefficient (Wildman–Crippen LogP) is 0.794. The van der Waals surface area contributed by atoms with E-state index >= 15 is 0 Å². The summed E-state index contributed by atoms with van der Waals surface area (Å²) >= 11 is 0. The molecule has 2 aromatic rings. The molecule has 100 valence electrons. The zero-order chi connectivity index (χ0) is 13.7. The molecule has 0 saturated heterocycles. The quantitative estimate of drug-likeness (QED) is 0.828. The Labute approximate surface area is 109 Å². The fourth-order valence-electron chi connectivity index (χ4n) is 1.62. The van der Waals surface area contributed by atoms with Crippen LogP contribution in [0.25, 0.3) is 0 Å². The molecular weight excluding hydrogens is 248 g/mol. The maximum atomic E-state index is 11.5. The molecule has 0 radical (unpaired) electrons. The lowest BCUT2D eigenvalue weighted by atomic mass is 10.2. The first-order valence-electron chi connectivity index (χ1n) is 5.59. The predicted molar refractivity (Wildman–Crippen MR) is 69.5 cm³/mol. The van der Waals surface area contributed by atoms with Gasteiger partial charge < -0.3 is 19.8 Å². The van der Waals surface area contributed by atoms with Crippen molar-refractivity contribution in [3.8, 4) is 11.6 Å². The van der Waals surface area contributed by atoms with Gasteiger partial charge in [0.1, 0.15) is 0 Å². The Balaban J connectivity index is 2.19. The monoisotopic (exact) mass is 262 g/mol. The van der Waals surface area contributed by atoms with Crippen molar-refractivity contribution >= 4 is 5.82 Å². The van der Waals surface area contributed by atoms with Crippen molar-refractivity contribution in [1.82, 2.24) is 15.0 Å². The van der Waals surface area contributed by atoms with Gasteiger partial charge in [0.25, 0.3) is 5.56 Å². The Morgan fingerprint density at radius 3 is 2.89 bits per heavy atom. The number of ether oxygens (including phenoxy) is 2. The van der Waals surface area contributed by atoms with Crippen LogP contribution in [0.1, 0.15) is 5.56 Å². The van der Waals surface area contributed by atoms with Crippen molar-refractivity contribution in [2.24, 2.45) is 0 Å². The van der Waals surface area contributed by atoms with Crippen LogP contribution in [-0.2, 0) is 6.54 Å². The van der Waals surface area contributed by atoms with Gasteiger partial charge in [-0.2, -0.15) is 0 Å². The van der Waals surface area contributed by atoms with Gasteiger partial charge >= 0.3 is 0 Å². The minimum atomic E-state index is -0.335. The van der Waals surface area contributed by atoms with Gasteiger partial charge in [-0.1, -0.05) is 6.07 Å². The maximum Gasteiger partial charge on any atom is 0.295 e. The SMILES string of the molecule is COc1ncccc1CNc1nc[nH]c(=O)c1OC. The summed E-state index contributed by atoms with van der Waals surface area (Å²) in [5, 5.41) is 3.02. The topological polar surface area (TPSA) is 89.1 Å². The molecule has 0 atom stereocenters. The number of hydrogen-bond donors (Lipinski definition) is 2. The van der Waals surface area contributed by atoms with Gasteiger partial charge in [-0.15, -0.1) is 0 Å². The Kier molecular flexibility index (Phi) is 3.97. The van der Waals surface area contributed by atoms with Crippen molar-refractivity contribution in [1.29, 1.82) is 0 Å². The number of H-pyrrole nitrogens is 1. The Morgan fingerprint density at radius 2 is 2.16 bits per heavy atom.